The summed E-state index contributed by atoms with van der Waals surface area (Å²) in [6.07, 6.45) is 9.60. The lowest BCUT2D eigenvalue weighted by molar-refractivity contribution is 0.296. The van der Waals surface area contributed by atoms with Gasteiger partial charge in [0, 0.05) is 18.5 Å². The molecule has 3 nitrogen and oxygen atoms in total. The summed E-state index contributed by atoms with van der Waals surface area (Å²) in [4.78, 5) is 0. The Hall–Kier alpha value is -1.66. The molecule has 0 spiro atoms. The standard InChI is InChI=1S/C18H27NO2/c1-4-7-8-12-21-18-14-17(20-11-5-2)10-9-15(18)13-16(19)6-3/h1,9-10,14,16H,5-8,11-13,19H2,2-3H3. The molecule has 0 bridgehead atoms. The van der Waals surface area contributed by atoms with Gasteiger partial charge in [0.05, 0.1) is 13.2 Å². The van der Waals surface area contributed by atoms with Gasteiger partial charge >= 0.3 is 0 Å². The highest BCUT2D eigenvalue weighted by molar-refractivity contribution is 5.41. The van der Waals surface area contributed by atoms with Gasteiger partial charge in [-0.05, 0) is 37.3 Å². The number of benzene rings is 1. The molecule has 3 heteroatoms. The van der Waals surface area contributed by atoms with E-state index in [2.05, 4.69) is 25.8 Å². The quantitative estimate of drug-likeness (QED) is 0.529. The van der Waals surface area contributed by atoms with E-state index >= 15 is 0 Å². The first-order chi connectivity index (χ1) is 10.2. The first-order valence-corrected chi connectivity index (χ1v) is 7.78. The van der Waals surface area contributed by atoms with Crippen LogP contribution in [0.1, 0.15) is 45.1 Å². The van der Waals surface area contributed by atoms with Gasteiger partial charge in [-0.3, -0.25) is 0 Å². The maximum absolute atomic E-state index is 6.06. The fraction of sp³-hybridized carbons (Fsp3) is 0.556. The number of nitrogens with two attached hydrogens (primary N) is 1. The zero-order valence-electron chi connectivity index (χ0n) is 13.2. The van der Waals surface area contributed by atoms with Crippen LogP contribution in [0, 0.1) is 12.3 Å². The summed E-state index contributed by atoms with van der Waals surface area (Å²) < 4.78 is 11.5. The summed E-state index contributed by atoms with van der Waals surface area (Å²) in [6.45, 7) is 5.52. The van der Waals surface area contributed by atoms with Crippen molar-refractivity contribution in [1.82, 2.24) is 0 Å². The van der Waals surface area contributed by atoms with Crippen molar-refractivity contribution in [2.75, 3.05) is 13.2 Å². The SMILES string of the molecule is C#CCCCOc1cc(OCCC)ccc1CC(N)CC. The van der Waals surface area contributed by atoms with Crippen LogP contribution >= 0.6 is 0 Å². The Morgan fingerprint density at radius 1 is 1.24 bits per heavy atom. The van der Waals surface area contributed by atoms with Gasteiger partial charge < -0.3 is 15.2 Å². The van der Waals surface area contributed by atoms with Gasteiger partial charge in [0.25, 0.3) is 0 Å². The van der Waals surface area contributed by atoms with E-state index in [1.165, 1.54) is 0 Å². The Morgan fingerprint density at radius 3 is 2.71 bits per heavy atom. The van der Waals surface area contributed by atoms with Gasteiger partial charge in [0.1, 0.15) is 11.5 Å². The van der Waals surface area contributed by atoms with Crippen molar-refractivity contribution < 1.29 is 9.47 Å². The predicted molar refractivity (Wildman–Crippen MR) is 87.8 cm³/mol. The minimum atomic E-state index is 0.153. The van der Waals surface area contributed by atoms with Gasteiger partial charge in [0.2, 0.25) is 0 Å². The number of terminal acetylenes is 1. The molecule has 0 radical (unpaired) electrons. The Bertz CT molecular complexity index is 451. The molecule has 0 aliphatic heterocycles. The van der Waals surface area contributed by atoms with Gasteiger partial charge in [-0.15, -0.1) is 12.3 Å². The van der Waals surface area contributed by atoms with Crippen molar-refractivity contribution in [3.63, 3.8) is 0 Å². The molecule has 1 atom stereocenters. The normalized spacial score (nSPS) is 11.7. The first kappa shape index (κ1) is 17.4. The lowest BCUT2D eigenvalue weighted by Crippen LogP contribution is -2.21. The predicted octanol–water partition coefficient (Wildman–Crippen LogP) is 3.55. The molecular formula is C18H27NO2. The van der Waals surface area contributed by atoms with Gasteiger partial charge in [0.15, 0.2) is 0 Å². The summed E-state index contributed by atoms with van der Waals surface area (Å²) >= 11 is 0. The molecule has 0 aliphatic rings. The van der Waals surface area contributed by atoms with Crippen LogP contribution in [-0.2, 0) is 6.42 Å². The van der Waals surface area contributed by atoms with Crippen LogP contribution < -0.4 is 15.2 Å². The van der Waals surface area contributed by atoms with E-state index in [-0.39, 0.29) is 6.04 Å². The highest BCUT2D eigenvalue weighted by Gasteiger charge is 2.10. The second-order valence-corrected chi connectivity index (χ2v) is 5.15. The maximum Gasteiger partial charge on any atom is 0.126 e. The van der Waals surface area contributed by atoms with Crippen LogP contribution in [0.5, 0.6) is 11.5 Å². The minimum absolute atomic E-state index is 0.153. The summed E-state index contributed by atoms with van der Waals surface area (Å²) in [5.41, 5.74) is 7.19. The number of ether oxygens (including phenoxy) is 2. The molecule has 21 heavy (non-hydrogen) atoms. The Morgan fingerprint density at radius 2 is 2.05 bits per heavy atom. The number of hydrogen-bond acceptors (Lipinski definition) is 3. The van der Waals surface area contributed by atoms with E-state index in [1.54, 1.807) is 0 Å². The van der Waals surface area contributed by atoms with Crippen molar-refractivity contribution in [2.24, 2.45) is 5.73 Å². The van der Waals surface area contributed by atoms with Crippen molar-refractivity contribution in [2.45, 2.75) is 52.0 Å². The highest BCUT2D eigenvalue weighted by Crippen LogP contribution is 2.26. The van der Waals surface area contributed by atoms with E-state index in [9.17, 15) is 0 Å². The van der Waals surface area contributed by atoms with Gasteiger partial charge in [-0.1, -0.05) is 19.9 Å². The van der Waals surface area contributed by atoms with Gasteiger partial charge in [-0.2, -0.15) is 0 Å². The molecule has 0 fully saturated rings. The Labute approximate surface area is 128 Å². The fourth-order valence-electron chi connectivity index (χ4n) is 1.93. The average molecular weight is 289 g/mol. The molecule has 0 saturated heterocycles. The third-order valence-electron chi connectivity index (χ3n) is 3.24. The molecule has 1 rings (SSSR count). The molecule has 0 aromatic heterocycles. The van der Waals surface area contributed by atoms with E-state index < -0.39 is 0 Å². The van der Waals surface area contributed by atoms with E-state index in [4.69, 9.17) is 21.6 Å². The third-order valence-corrected chi connectivity index (χ3v) is 3.24. The van der Waals surface area contributed by atoms with E-state index in [0.717, 1.165) is 49.2 Å². The Kier molecular flexibility index (Phi) is 8.38. The van der Waals surface area contributed by atoms with Crippen molar-refractivity contribution in [3.8, 4) is 23.8 Å². The molecule has 116 valence electrons. The van der Waals surface area contributed by atoms with Crippen LogP contribution in [0.3, 0.4) is 0 Å². The topological polar surface area (TPSA) is 44.5 Å². The monoisotopic (exact) mass is 289 g/mol. The average Bonchev–Trinajstić information content (AvgIpc) is 2.51. The summed E-state index contributed by atoms with van der Waals surface area (Å²) in [7, 11) is 0. The van der Waals surface area contributed by atoms with Crippen LogP contribution in [0.2, 0.25) is 0 Å². The molecule has 0 aliphatic carbocycles. The number of rotatable bonds is 10. The van der Waals surface area contributed by atoms with Crippen LogP contribution in [0.15, 0.2) is 18.2 Å². The highest BCUT2D eigenvalue weighted by atomic mass is 16.5. The van der Waals surface area contributed by atoms with Crippen LogP contribution in [0.25, 0.3) is 0 Å². The maximum atomic E-state index is 6.06. The fourth-order valence-corrected chi connectivity index (χ4v) is 1.93. The molecular weight excluding hydrogens is 262 g/mol. The van der Waals surface area contributed by atoms with Crippen molar-refractivity contribution >= 4 is 0 Å². The molecule has 1 unspecified atom stereocenters. The Balaban J connectivity index is 2.76. The lowest BCUT2D eigenvalue weighted by Gasteiger charge is -2.16. The van der Waals surface area contributed by atoms with Crippen molar-refractivity contribution in [3.05, 3.63) is 23.8 Å². The second kappa shape index (κ2) is 10.1. The summed E-state index contributed by atoms with van der Waals surface area (Å²) in [5, 5.41) is 0. The number of unbranched alkanes of at least 4 members (excludes halogenated alkanes) is 1. The molecule has 1 aromatic carbocycles. The molecule has 0 saturated carbocycles. The first-order valence-electron chi connectivity index (χ1n) is 7.78. The summed E-state index contributed by atoms with van der Waals surface area (Å²) in [5.74, 6) is 4.33. The summed E-state index contributed by atoms with van der Waals surface area (Å²) in [6, 6.07) is 6.16. The smallest absolute Gasteiger partial charge is 0.126 e. The number of hydrogen-bond donors (Lipinski definition) is 1. The van der Waals surface area contributed by atoms with Crippen LogP contribution in [-0.4, -0.2) is 19.3 Å². The molecule has 0 heterocycles. The van der Waals surface area contributed by atoms with Gasteiger partial charge in [-0.25, -0.2) is 0 Å². The minimum Gasteiger partial charge on any atom is -0.493 e. The molecule has 1 aromatic rings. The zero-order chi connectivity index (χ0) is 15.5. The molecule has 2 N–H and O–H groups in total. The van der Waals surface area contributed by atoms with E-state index in [0.29, 0.717) is 13.2 Å². The third kappa shape index (κ3) is 6.55. The second-order valence-electron chi connectivity index (χ2n) is 5.15. The zero-order valence-corrected chi connectivity index (χ0v) is 13.2. The molecule has 0 amide bonds. The largest absolute Gasteiger partial charge is 0.493 e. The van der Waals surface area contributed by atoms with Crippen LogP contribution in [0.4, 0.5) is 0 Å². The van der Waals surface area contributed by atoms with E-state index in [1.807, 2.05) is 12.1 Å². The van der Waals surface area contributed by atoms with Crippen molar-refractivity contribution in [1.29, 1.82) is 0 Å². The lowest BCUT2D eigenvalue weighted by atomic mass is 10.0.